The molecule has 0 aliphatic rings. The predicted octanol–water partition coefficient (Wildman–Crippen LogP) is 7.97. The number of halogens is 6. The van der Waals surface area contributed by atoms with Crippen LogP contribution in [0.3, 0.4) is 0 Å². The summed E-state index contributed by atoms with van der Waals surface area (Å²) in [7, 11) is -3.68. The number of carbonyl (C=O) groups excluding carboxylic acids is 3. The first-order chi connectivity index (χ1) is 59.3. The van der Waals surface area contributed by atoms with Crippen LogP contribution >= 0.6 is 43.6 Å². The lowest BCUT2D eigenvalue weighted by atomic mass is 10.1. The van der Waals surface area contributed by atoms with Gasteiger partial charge in [-0.05, 0) is 128 Å². The van der Waals surface area contributed by atoms with Crippen molar-refractivity contribution in [1.82, 2.24) is 0 Å². The summed E-state index contributed by atoms with van der Waals surface area (Å²) >= 11 is 0. The molecule has 0 aliphatic heterocycles. The minimum absolute atomic E-state index is 0. The van der Waals surface area contributed by atoms with Crippen molar-refractivity contribution in [2.45, 2.75) is 157 Å². The van der Waals surface area contributed by atoms with E-state index >= 15 is 0 Å². The molecule has 0 amide bonds. The predicted molar refractivity (Wildman–Crippen MR) is 550 cm³/mol. The lowest BCUT2D eigenvalue weighted by Gasteiger charge is -2.28. The third kappa shape index (κ3) is 49.4. The Kier molecular flexibility index (Phi) is 78.2. The second-order valence-corrected chi connectivity index (χ2v) is 57.9. The van der Waals surface area contributed by atoms with Crippen molar-refractivity contribution >= 4 is 95.6 Å². The fourth-order valence-corrected chi connectivity index (χ4v) is 40.0. The fraction of sp³-hybridized carbons (Fsp3) is 0.434. The van der Waals surface area contributed by atoms with Crippen molar-refractivity contribution in [1.29, 1.82) is 15.8 Å². The molecule has 23 heteroatoms. The molecule has 0 unspecified atom stereocenters. The van der Waals surface area contributed by atoms with E-state index in [2.05, 4.69) is 300 Å². The highest BCUT2D eigenvalue weighted by Crippen LogP contribution is 2.66. The van der Waals surface area contributed by atoms with E-state index in [4.69, 9.17) is 35.5 Å². The summed E-state index contributed by atoms with van der Waals surface area (Å²) in [6, 6.07) is 74.9. The van der Waals surface area contributed by atoms with Crippen molar-refractivity contribution in [3.63, 3.8) is 0 Å². The van der Waals surface area contributed by atoms with E-state index in [0.717, 1.165) is 30.2 Å². The number of aliphatic hydroxyl groups is 2. The number of benzene rings is 7. The molecule has 7 aromatic rings. The largest absolute Gasteiger partial charge is 1.00 e. The van der Waals surface area contributed by atoms with Gasteiger partial charge in [-0.2, -0.15) is 15.8 Å². The molecule has 0 heterocycles. The zero-order valence-electron chi connectivity index (χ0n) is 79.6. The van der Waals surface area contributed by atoms with E-state index in [9.17, 15) is 14.4 Å². The summed E-state index contributed by atoms with van der Waals surface area (Å²) < 4.78 is 14.5. The summed E-state index contributed by atoms with van der Waals surface area (Å²) in [5, 5.41) is 48.3. The quantitative estimate of drug-likeness (QED) is 0.0163. The molecule has 7 aromatic carbocycles. The summed E-state index contributed by atoms with van der Waals surface area (Å²) in [5.74, 6) is -1.02. The Labute approximate surface area is 826 Å². The maximum absolute atomic E-state index is 12.2. The van der Waals surface area contributed by atoms with Crippen LogP contribution in [0.1, 0.15) is 171 Å². The molecule has 0 saturated carbocycles. The molecule has 0 spiro atoms. The Bertz CT molecular complexity index is 4140. The SMILES string of the molecule is C=C(C[P+](CCC#N)(CCC#N)CCC#N)C(=O)OC.C=C(C[P+](CCCC)(CCCC)CCCC)C(=O)OC.C=C(C[P+](c1ccccc1)(c1ccccc1)c1ccccc1)C(=O)OC.C=Cc1ccc(C[P+](C)(CCO)CCO)cc1.C=Cc1ccc(C[P+](CC)(CC)Cc2ccccc2)cc1.C=Cc1ccc(C[P+](CCC)(CCC)CCC)cc1.[Br-].[Cl-].[Cl-].[Cl-].[Cl-].[Cl-]. The van der Waals surface area contributed by atoms with E-state index in [1.165, 1.54) is 196 Å². The van der Waals surface area contributed by atoms with Crippen LogP contribution in [0.5, 0.6) is 0 Å². The van der Waals surface area contributed by atoms with Crippen molar-refractivity contribution in [3.05, 3.63) is 289 Å². The Morgan fingerprint density at radius 1 is 0.341 bits per heavy atom. The molecule has 0 atom stereocenters. The zero-order valence-corrected chi connectivity index (χ0v) is 90.4. The van der Waals surface area contributed by atoms with Crippen LogP contribution in [0.4, 0.5) is 0 Å². The molecule has 0 aliphatic carbocycles. The summed E-state index contributed by atoms with van der Waals surface area (Å²) in [4.78, 5) is 35.4. The molecule has 712 valence electrons. The van der Waals surface area contributed by atoms with E-state index < -0.39 is 49.5 Å². The minimum atomic E-state index is -2.08. The molecule has 0 aromatic heterocycles. The number of hydrogen-bond acceptors (Lipinski definition) is 11. The molecule has 0 bridgehead atoms. The fourth-order valence-electron chi connectivity index (χ4n) is 15.9. The highest BCUT2D eigenvalue weighted by molar-refractivity contribution is 7.96. The van der Waals surface area contributed by atoms with Gasteiger partial charge in [-0.15, -0.1) is 0 Å². The second kappa shape index (κ2) is 76.6. The number of hydrogen-bond donors (Lipinski definition) is 2. The van der Waals surface area contributed by atoms with E-state index in [0.29, 0.717) is 66.8 Å². The molecule has 0 fully saturated rings. The molecule has 7 rings (SSSR count). The summed E-state index contributed by atoms with van der Waals surface area (Å²) in [6.07, 6.45) is 39.8. The Morgan fingerprint density at radius 2 is 0.597 bits per heavy atom. The highest BCUT2D eigenvalue weighted by atomic mass is 79.9. The van der Waals surface area contributed by atoms with Crippen molar-refractivity contribution in [3.8, 4) is 18.2 Å². The van der Waals surface area contributed by atoms with Gasteiger partial charge in [0.05, 0.1) is 206 Å². The van der Waals surface area contributed by atoms with Gasteiger partial charge in [-0.1, -0.05) is 276 Å². The average Bonchev–Trinajstić information content (AvgIpc) is 0.751. The molecule has 0 saturated heterocycles. The van der Waals surface area contributed by atoms with E-state index in [1.54, 1.807) is 0 Å². The standard InChI is InChI=1S/C23H22O2P.C20H26P.C18H30P.C17H34O2P.C14H19N3O2P.C14H22O2P.BrH.5ClH/c1-19(23(24)25-2)18-26(20-12-6-3-7-13-20,21-14-8-4-9-15-21)22-16-10-5-11-17-22;1-4-18-12-14-20(15-13-18)17-21(5-2,6-3)16-19-10-8-7-9-11-19;1-5-13-19(14-6-2,15-7-3)16-18-11-9-17(8-4)10-12-18;1-6-9-12-20(13-10-7-2,14-11-8-3)15-16(4)17(18)19-5;1-13(14(18)19-2)12-20(9-3-6-15,10-4-7-16)11-5-8-17;1-3-13-4-6-14(7-5-13)12-17(2,10-8-15)11-9-16;;;;;;/h3-17H,1,18H2,2H3;4,7-15H,1,5-6,16-17H2,2-3H3;8-12H,4-7,13-16H2,1-3H3;4,6-15H2,1-3,5H3;1,3-5,9-12H2,2H3;3-7,15-16H,1,8-12H2,2H3;6*1H/q6*+1;;;;;;/p-6. The van der Waals surface area contributed by atoms with Crippen molar-refractivity contribution in [2.75, 3.05) is 140 Å². The number of aliphatic hydroxyl groups excluding tert-OH is 2. The van der Waals surface area contributed by atoms with Gasteiger partial charge in [-0.3, -0.25) is 0 Å². The van der Waals surface area contributed by atoms with Crippen LogP contribution in [-0.2, 0) is 53.2 Å². The third-order valence-electron chi connectivity index (χ3n) is 22.9. The Morgan fingerprint density at radius 3 is 0.845 bits per heavy atom. The molecule has 11 nitrogen and oxygen atoms in total. The highest BCUT2D eigenvalue weighted by Gasteiger charge is 2.47. The first-order valence-electron chi connectivity index (χ1n) is 44.4. The monoisotopic (exact) mass is 2040 g/mol. The lowest BCUT2D eigenvalue weighted by Crippen LogP contribution is -3.00. The van der Waals surface area contributed by atoms with Crippen LogP contribution in [-0.4, -0.2) is 168 Å². The van der Waals surface area contributed by atoms with Crippen molar-refractivity contribution < 1.29 is 118 Å². The van der Waals surface area contributed by atoms with Gasteiger partial charge in [0, 0.05) is 43.0 Å². The second-order valence-electron chi connectivity index (χ2n) is 32.3. The number of nitriles is 3. The molecular weight excluding hydrogens is 1890 g/mol. The lowest BCUT2D eigenvalue weighted by molar-refractivity contribution is -0.136. The zero-order chi connectivity index (χ0) is 91.3. The number of rotatable bonds is 50. The number of carbonyl (C=O) groups is 3. The van der Waals surface area contributed by atoms with E-state index in [1.807, 2.05) is 36.4 Å². The number of esters is 3. The van der Waals surface area contributed by atoms with Gasteiger partial charge in [0.25, 0.3) is 0 Å². The maximum atomic E-state index is 12.2. The van der Waals surface area contributed by atoms with Crippen LogP contribution < -0.4 is 94.9 Å². The number of nitrogens with zero attached hydrogens (tertiary/aromatic N) is 3. The average molecular weight is 2040 g/mol. The molecular formula is C106H153BrCl5N3O8P6. The maximum Gasteiger partial charge on any atom is 0.336 e. The third-order valence-corrected chi connectivity index (χ3v) is 50.3. The molecule has 2 N–H and O–H groups in total. The van der Waals surface area contributed by atoms with Crippen LogP contribution in [0.15, 0.2) is 250 Å². The number of unbranched alkanes of at least 4 members (excludes halogenated alkanes) is 3. The topological polar surface area (TPSA) is 191 Å². The first-order valence-corrected chi connectivity index (χ1v) is 59.3. The minimum Gasteiger partial charge on any atom is -1.00 e. The Balaban J connectivity index is -0.000000475. The normalized spacial score (nSPS) is 10.6. The first kappa shape index (κ1) is 132. The molecule has 0 radical (unpaired) electrons. The van der Waals surface area contributed by atoms with Gasteiger partial charge in [-0.25, -0.2) is 14.4 Å². The van der Waals surface area contributed by atoms with Gasteiger partial charge in [0.2, 0.25) is 0 Å². The van der Waals surface area contributed by atoms with Crippen LogP contribution in [0.2, 0.25) is 0 Å². The number of methoxy groups -OCH3 is 3. The van der Waals surface area contributed by atoms with Crippen LogP contribution in [0, 0.1) is 34.0 Å². The van der Waals surface area contributed by atoms with Gasteiger partial charge >= 0.3 is 17.9 Å². The van der Waals surface area contributed by atoms with Crippen molar-refractivity contribution in [2.24, 2.45) is 0 Å². The van der Waals surface area contributed by atoms with E-state index in [-0.39, 0.29) is 104 Å². The molecule has 129 heavy (non-hydrogen) atoms. The Hall–Kier alpha value is -5.71. The van der Waals surface area contributed by atoms with Gasteiger partial charge in [0.15, 0.2) is 0 Å². The van der Waals surface area contributed by atoms with Gasteiger partial charge < -0.3 is 103 Å². The van der Waals surface area contributed by atoms with Gasteiger partial charge in [0.1, 0.15) is 29.3 Å². The van der Waals surface area contributed by atoms with Crippen LogP contribution in [0.25, 0.3) is 18.2 Å². The smallest absolute Gasteiger partial charge is 0.336 e. The number of ether oxygens (including phenoxy) is 3. The summed E-state index contributed by atoms with van der Waals surface area (Å²) in [6.45, 7) is 44.4. The summed E-state index contributed by atoms with van der Waals surface area (Å²) in [5.41, 5.74) is 10.9.